The molecule has 0 radical (unpaired) electrons. The first-order valence-electron chi connectivity index (χ1n) is 1.33. The van der Waals surface area contributed by atoms with Crippen LogP contribution in [0.4, 0.5) is 0 Å². The van der Waals surface area contributed by atoms with Crippen LogP contribution in [0.15, 0.2) is 0 Å². The van der Waals surface area contributed by atoms with Crippen molar-refractivity contribution in [2.45, 2.75) is 0 Å². The van der Waals surface area contributed by atoms with Gasteiger partial charge in [-0.15, -0.1) is 0 Å². The van der Waals surface area contributed by atoms with E-state index >= 15 is 0 Å². The van der Waals surface area contributed by atoms with E-state index in [4.69, 9.17) is 0 Å². The third-order valence-corrected chi connectivity index (χ3v) is 1.50. The Bertz CT molecular complexity index is 242. The van der Waals surface area contributed by atoms with Crippen molar-refractivity contribution < 1.29 is 118 Å². The summed E-state index contributed by atoms with van der Waals surface area (Å²) in [6.45, 7) is 0. The van der Waals surface area contributed by atoms with Gasteiger partial charge in [0, 0.05) is 0 Å². The van der Waals surface area contributed by atoms with Gasteiger partial charge in [0.25, 0.3) is 0 Å². The van der Waals surface area contributed by atoms with Crippen molar-refractivity contribution in [3.05, 3.63) is 0 Å². The fourth-order valence-corrected chi connectivity index (χ4v) is 0.919. The van der Waals surface area contributed by atoms with Crippen LogP contribution in [0.1, 0.15) is 0 Å². The molecule has 12 heteroatoms. The fraction of sp³-hybridized carbons (Fsp3) is 0. The number of hydrogen-bond acceptors (Lipinski definition) is 7. The van der Waals surface area contributed by atoms with Gasteiger partial charge in [-0.25, -0.2) is 16.8 Å². The third kappa shape index (κ3) is 23.0. The smallest absolute Gasteiger partial charge is 0.725 e. The van der Waals surface area contributed by atoms with E-state index in [1.807, 2.05) is 0 Å². The van der Waals surface area contributed by atoms with Gasteiger partial charge in [0.15, 0.2) is 0 Å². The number of hydrogen-bond donors (Lipinski definition) is 0. The SMILES string of the molecule is O=S(=O)([O-])OS(=O)(=O)[O-].[Na+].[Na+].[Na+]. The summed E-state index contributed by atoms with van der Waals surface area (Å²) in [5, 5.41) is 0. The summed E-state index contributed by atoms with van der Waals surface area (Å²) < 4.78 is 58.2. The van der Waals surface area contributed by atoms with Gasteiger partial charge >= 0.3 is 88.7 Å². The first-order chi connectivity index (χ1) is 3.71. The zero-order valence-electron chi connectivity index (χ0n) is 6.67. The summed E-state index contributed by atoms with van der Waals surface area (Å²) in [5.74, 6) is 0. The summed E-state index contributed by atoms with van der Waals surface area (Å²) in [5.41, 5.74) is 0. The predicted octanol–water partition coefficient (Wildman–Crippen LogP) is -11.1. The van der Waals surface area contributed by atoms with Crippen molar-refractivity contribution in [3.63, 3.8) is 0 Å². The second-order valence-electron chi connectivity index (χ2n) is 0.885. The maximum Gasteiger partial charge on any atom is 1.00 e. The molecule has 0 heterocycles. The summed E-state index contributed by atoms with van der Waals surface area (Å²) in [7, 11) is -10.9. The molecule has 0 aromatic carbocycles. The van der Waals surface area contributed by atoms with Gasteiger partial charge in [0.05, 0.1) is 0 Å². The Morgan fingerprint density at radius 1 is 0.750 bits per heavy atom. The summed E-state index contributed by atoms with van der Waals surface area (Å²) in [4.78, 5) is 0. The van der Waals surface area contributed by atoms with Crippen molar-refractivity contribution in [3.8, 4) is 0 Å². The quantitative estimate of drug-likeness (QED) is 0.269. The van der Waals surface area contributed by atoms with Gasteiger partial charge < -0.3 is 9.11 Å². The molecule has 0 aromatic heterocycles. The van der Waals surface area contributed by atoms with Gasteiger partial charge in [0.2, 0.25) is 20.8 Å². The van der Waals surface area contributed by atoms with Gasteiger partial charge in [-0.2, -0.15) is 3.63 Å². The van der Waals surface area contributed by atoms with Crippen LogP contribution in [0.2, 0.25) is 0 Å². The van der Waals surface area contributed by atoms with Crippen molar-refractivity contribution in [2.24, 2.45) is 0 Å². The normalized spacial score (nSPS) is 10.2. The molecule has 7 nitrogen and oxygen atoms in total. The second-order valence-corrected chi connectivity index (χ2v) is 3.06. The summed E-state index contributed by atoms with van der Waals surface area (Å²) in [6, 6.07) is 0. The zero-order valence-corrected chi connectivity index (χ0v) is 14.3. The van der Waals surface area contributed by atoms with Crippen LogP contribution in [0.3, 0.4) is 0 Å². The van der Waals surface area contributed by atoms with Crippen LogP contribution in [0.25, 0.3) is 0 Å². The molecule has 0 amide bonds. The Labute approximate surface area is 136 Å². The van der Waals surface area contributed by atoms with Crippen LogP contribution in [0.5, 0.6) is 0 Å². The maximum absolute atomic E-state index is 9.29. The van der Waals surface area contributed by atoms with Crippen molar-refractivity contribution in [2.75, 3.05) is 0 Å². The Morgan fingerprint density at radius 2 is 0.917 bits per heavy atom. The summed E-state index contributed by atoms with van der Waals surface area (Å²) in [6.07, 6.45) is 0. The molecule has 0 aliphatic rings. The molecule has 56 valence electrons. The molecule has 0 aliphatic heterocycles. The molecule has 12 heavy (non-hydrogen) atoms. The van der Waals surface area contributed by atoms with Gasteiger partial charge in [-0.3, -0.25) is 0 Å². The minimum Gasteiger partial charge on any atom is -0.725 e. The van der Waals surface area contributed by atoms with E-state index in [2.05, 4.69) is 3.63 Å². The van der Waals surface area contributed by atoms with Crippen LogP contribution in [-0.2, 0) is 24.4 Å². The van der Waals surface area contributed by atoms with Crippen LogP contribution in [-0.4, -0.2) is 25.9 Å². The van der Waals surface area contributed by atoms with E-state index in [-0.39, 0.29) is 88.7 Å². The average Bonchev–Trinajstić information content (AvgIpc) is 1.14. The van der Waals surface area contributed by atoms with Crippen molar-refractivity contribution in [1.29, 1.82) is 0 Å². The minimum atomic E-state index is -5.43. The summed E-state index contributed by atoms with van der Waals surface area (Å²) >= 11 is 0. The Kier molecular flexibility index (Phi) is 18.2. The Hall–Kier alpha value is 2.78. The van der Waals surface area contributed by atoms with E-state index < -0.39 is 20.8 Å². The molecule has 0 spiro atoms. The van der Waals surface area contributed by atoms with E-state index in [1.165, 1.54) is 0 Å². The van der Waals surface area contributed by atoms with Crippen molar-refractivity contribution in [1.82, 2.24) is 0 Å². The van der Waals surface area contributed by atoms with Crippen LogP contribution in [0, 0.1) is 0 Å². The molecule has 0 N–H and O–H groups in total. The molecule has 0 saturated carbocycles. The van der Waals surface area contributed by atoms with E-state index in [9.17, 15) is 25.9 Å². The topological polar surface area (TPSA) is 124 Å². The molecule has 0 fully saturated rings. The molecule has 0 rings (SSSR count). The third-order valence-electron chi connectivity index (χ3n) is 0.167. The molecular weight excluding hydrogens is 245 g/mol. The number of rotatable bonds is 2. The van der Waals surface area contributed by atoms with Gasteiger partial charge in [-0.05, 0) is 0 Å². The standard InChI is InChI=1S/3Na.H2O7S2/c;;;1-8(2,3)7-9(4,5)6/h;;;(H,1,2,3)(H,4,5,6)/q3*+1;/p-2. The molecular formula is Na3O7S2+. The van der Waals surface area contributed by atoms with E-state index in [0.717, 1.165) is 0 Å². The second kappa shape index (κ2) is 9.04. The maximum atomic E-state index is 9.29. The monoisotopic (exact) mass is 245 g/mol. The molecule has 0 bridgehead atoms. The Morgan fingerprint density at radius 3 is 0.917 bits per heavy atom. The molecule has 0 unspecified atom stereocenters. The van der Waals surface area contributed by atoms with Crippen LogP contribution >= 0.6 is 0 Å². The van der Waals surface area contributed by atoms with E-state index in [1.54, 1.807) is 0 Å². The zero-order chi connectivity index (χ0) is 7.71. The van der Waals surface area contributed by atoms with Crippen LogP contribution < -0.4 is 88.7 Å². The Balaban J connectivity index is -0.000000107. The molecule has 0 saturated heterocycles. The molecule has 0 atom stereocenters. The minimum absolute atomic E-state index is 0. The van der Waals surface area contributed by atoms with Gasteiger partial charge in [-0.1, -0.05) is 0 Å². The average molecular weight is 245 g/mol. The largest absolute Gasteiger partial charge is 1.00 e. The first kappa shape index (κ1) is 24.2. The molecule has 0 aliphatic carbocycles. The first-order valence-corrected chi connectivity index (χ1v) is 4.00. The molecule has 0 aromatic rings. The predicted molar refractivity (Wildman–Crippen MR) is 20.5 cm³/mol. The van der Waals surface area contributed by atoms with Crippen molar-refractivity contribution >= 4 is 20.8 Å². The van der Waals surface area contributed by atoms with Gasteiger partial charge in [0.1, 0.15) is 0 Å². The fourth-order valence-electron chi connectivity index (χ4n) is 0.102. The van der Waals surface area contributed by atoms with E-state index in [0.29, 0.717) is 0 Å².